The molecule has 0 aromatic carbocycles. The van der Waals surface area contributed by atoms with Gasteiger partial charge in [-0.1, -0.05) is 13.8 Å². The highest BCUT2D eigenvalue weighted by molar-refractivity contribution is 4.91. The van der Waals surface area contributed by atoms with Crippen molar-refractivity contribution in [3.05, 3.63) is 0 Å². The molecule has 15 heavy (non-hydrogen) atoms. The van der Waals surface area contributed by atoms with Crippen LogP contribution in [0.2, 0.25) is 0 Å². The molecular formula is C12H24N2O. The zero-order valence-electron chi connectivity index (χ0n) is 10.00. The van der Waals surface area contributed by atoms with Crippen molar-refractivity contribution in [3.63, 3.8) is 0 Å². The molecule has 2 saturated heterocycles. The molecule has 0 radical (unpaired) electrons. The highest BCUT2D eigenvalue weighted by Gasteiger charge is 2.34. The minimum Gasteiger partial charge on any atom is -0.396 e. The van der Waals surface area contributed by atoms with E-state index in [0.29, 0.717) is 6.04 Å². The fourth-order valence-electron chi connectivity index (χ4n) is 2.68. The summed E-state index contributed by atoms with van der Waals surface area (Å²) in [5, 5.41) is 12.9. The van der Waals surface area contributed by atoms with Gasteiger partial charge in [0.05, 0.1) is 0 Å². The van der Waals surface area contributed by atoms with Gasteiger partial charge in [0.15, 0.2) is 0 Å². The van der Waals surface area contributed by atoms with Crippen molar-refractivity contribution in [2.24, 2.45) is 11.3 Å². The topological polar surface area (TPSA) is 35.5 Å². The number of rotatable bonds is 4. The van der Waals surface area contributed by atoms with Gasteiger partial charge >= 0.3 is 0 Å². The van der Waals surface area contributed by atoms with Crippen LogP contribution in [-0.2, 0) is 0 Å². The fourth-order valence-corrected chi connectivity index (χ4v) is 2.68. The molecule has 2 aliphatic rings. The Bertz CT molecular complexity index is 218. The van der Waals surface area contributed by atoms with Gasteiger partial charge in [-0.25, -0.2) is 0 Å². The second-order valence-corrected chi connectivity index (χ2v) is 5.95. The molecule has 2 fully saturated rings. The largest absolute Gasteiger partial charge is 0.396 e. The molecule has 0 aliphatic carbocycles. The van der Waals surface area contributed by atoms with E-state index in [-0.39, 0.29) is 12.0 Å². The summed E-state index contributed by atoms with van der Waals surface area (Å²) in [6.07, 6.45) is 2.64. The maximum absolute atomic E-state index is 9.21. The van der Waals surface area contributed by atoms with Gasteiger partial charge in [-0.2, -0.15) is 0 Å². The van der Waals surface area contributed by atoms with Crippen LogP contribution in [0.5, 0.6) is 0 Å². The molecular weight excluding hydrogens is 188 g/mol. The molecule has 2 heterocycles. The Morgan fingerprint density at radius 3 is 2.80 bits per heavy atom. The first-order chi connectivity index (χ1) is 7.11. The number of nitrogens with zero attached hydrogens (tertiary/aromatic N) is 1. The lowest BCUT2D eigenvalue weighted by Gasteiger charge is -2.33. The molecule has 2 bridgehead atoms. The lowest BCUT2D eigenvalue weighted by molar-refractivity contribution is 0.140. The summed E-state index contributed by atoms with van der Waals surface area (Å²) in [4.78, 5) is 2.57. The average molecular weight is 212 g/mol. The Morgan fingerprint density at radius 1 is 1.33 bits per heavy atom. The van der Waals surface area contributed by atoms with Crippen LogP contribution in [0, 0.1) is 11.3 Å². The van der Waals surface area contributed by atoms with Crippen LogP contribution >= 0.6 is 0 Å². The Labute approximate surface area is 92.8 Å². The van der Waals surface area contributed by atoms with Crippen molar-refractivity contribution in [2.45, 2.75) is 32.7 Å². The summed E-state index contributed by atoms with van der Waals surface area (Å²) in [5.41, 5.74) is 0.0236. The van der Waals surface area contributed by atoms with Crippen LogP contribution in [-0.4, -0.2) is 48.8 Å². The predicted molar refractivity (Wildman–Crippen MR) is 61.8 cm³/mol. The standard InChI is InChI=1S/C12H24N2O/c1-12(2,9-15)8-13-11-4-6-14-5-3-10(11)7-14/h10-11,13,15H,3-9H2,1-2H3. The van der Waals surface area contributed by atoms with Crippen molar-refractivity contribution < 1.29 is 5.11 Å². The Hall–Kier alpha value is -0.120. The summed E-state index contributed by atoms with van der Waals surface area (Å²) in [6, 6.07) is 0.689. The smallest absolute Gasteiger partial charge is 0.0494 e. The first-order valence-corrected chi connectivity index (χ1v) is 6.17. The van der Waals surface area contributed by atoms with Gasteiger partial charge < -0.3 is 15.3 Å². The Balaban J connectivity index is 1.79. The molecule has 0 aromatic heterocycles. The van der Waals surface area contributed by atoms with Gasteiger partial charge in [-0.15, -0.1) is 0 Å². The Morgan fingerprint density at radius 2 is 2.07 bits per heavy atom. The predicted octanol–water partition coefficient (Wildman–Crippen LogP) is 0.689. The minimum absolute atomic E-state index is 0.0236. The van der Waals surface area contributed by atoms with Gasteiger partial charge in [-0.3, -0.25) is 0 Å². The van der Waals surface area contributed by atoms with Crippen molar-refractivity contribution >= 4 is 0 Å². The Kier molecular flexibility index (Phi) is 3.33. The van der Waals surface area contributed by atoms with Crippen LogP contribution < -0.4 is 5.32 Å². The van der Waals surface area contributed by atoms with E-state index in [1.807, 2.05) is 0 Å². The molecule has 3 nitrogen and oxygen atoms in total. The van der Waals surface area contributed by atoms with E-state index in [4.69, 9.17) is 0 Å². The number of nitrogens with one attached hydrogen (secondary N) is 1. The number of aliphatic hydroxyl groups excluding tert-OH is 1. The third kappa shape index (κ3) is 2.71. The number of piperidine rings is 1. The van der Waals surface area contributed by atoms with E-state index in [9.17, 15) is 5.11 Å². The summed E-state index contributed by atoms with van der Waals surface area (Å²) in [6.45, 7) is 9.28. The lowest BCUT2D eigenvalue weighted by atomic mass is 9.90. The second-order valence-electron chi connectivity index (χ2n) is 5.95. The molecule has 0 aromatic rings. The van der Waals surface area contributed by atoms with Crippen molar-refractivity contribution in [3.8, 4) is 0 Å². The minimum atomic E-state index is 0.0236. The van der Waals surface area contributed by atoms with Crippen LogP contribution in [0.1, 0.15) is 26.7 Å². The maximum Gasteiger partial charge on any atom is 0.0494 e. The number of fused-ring (bicyclic) bond motifs is 2. The molecule has 88 valence electrons. The maximum atomic E-state index is 9.21. The molecule has 0 amide bonds. The molecule has 2 aliphatic heterocycles. The number of aliphatic hydroxyl groups is 1. The number of hydrogen-bond acceptors (Lipinski definition) is 3. The van der Waals surface area contributed by atoms with E-state index in [1.165, 1.54) is 32.5 Å². The van der Waals surface area contributed by atoms with Crippen molar-refractivity contribution in [2.75, 3.05) is 32.8 Å². The SMILES string of the molecule is CC(C)(CO)CNC1CCN2CCC1C2. The average Bonchev–Trinajstić information content (AvgIpc) is 2.60. The van der Waals surface area contributed by atoms with Crippen molar-refractivity contribution in [1.29, 1.82) is 0 Å². The van der Waals surface area contributed by atoms with Gasteiger partial charge in [0.25, 0.3) is 0 Å². The fraction of sp³-hybridized carbons (Fsp3) is 1.00. The van der Waals surface area contributed by atoms with E-state index < -0.39 is 0 Å². The van der Waals surface area contributed by atoms with Crippen LogP contribution in [0.4, 0.5) is 0 Å². The van der Waals surface area contributed by atoms with Gasteiger partial charge in [-0.05, 0) is 31.8 Å². The number of hydrogen-bond donors (Lipinski definition) is 2. The monoisotopic (exact) mass is 212 g/mol. The first-order valence-electron chi connectivity index (χ1n) is 6.17. The van der Waals surface area contributed by atoms with Gasteiger partial charge in [0.2, 0.25) is 0 Å². The molecule has 3 unspecified atom stereocenters. The zero-order valence-corrected chi connectivity index (χ0v) is 10.00. The molecule has 2 rings (SSSR count). The normalized spacial score (nSPS) is 35.8. The zero-order chi connectivity index (χ0) is 10.9. The van der Waals surface area contributed by atoms with E-state index in [1.54, 1.807) is 0 Å². The van der Waals surface area contributed by atoms with Crippen LogP contribution in [0.15, 0.2) is 0 Å². The van der Waals surface area contributed by atoms with Crippen molar-refractivity contribution in [1.82, 2.24) is 10.2 Å². The third-order valence-corrected chi connectivity index (χ3v) is 3.91. The molecule has 0 saturated carbocycles. The van der Waals surface area contributed by atoms with Crippen LogP contribution in [0.25, 0.3) is 0 Å². The van der Waals surface area contributed by atoms with E-state index in [0.717, 1.165) is 12.5 Å². The molecule has 0 spiro atoms. The van der Waals surface area contributed by atoms with Gasteiger partial charge in [0, 0.05) is 31.2 Å². The molecule has 3 atom stereocenters. The second kappa shape index (κ2) is 4.40. The third-order valence-electron chi connectivity index (χ3n) is 3.91. The van der Waals surface area contributed by atoms with Crippen LogP contribution in [0.3, 0.4) is 0 Å². The quantitative estimate of drug-likeness (QED) is 0.719. The summed E-state index contributed by atoms with van der Waals surface area (Å²) in [7, 11) is 0. The lowest BCUT2D eigenvalue weighted by Crippen LogP contribution is -2.47. The van der Waals surface area contributed by atoms with Gasteiger partial charge in [0.1, 0.15) is 0 Å². The summed E-state index contributed by atoms with van der Waals surface area (Å²) in [5.74, 6) is 0.855. The molecule has 3 heteroatoms. The summed E-state index contributed by atoms with van der Waals surface area (Å²) >= 11 is 0. The first kappa shape index (κ1) is 11.4. The molecule has 2 N–H and O–H groups in total. The highest BCUT2D eigenvalue weighted by Crippen LogP contribution is 2.27. The summed E-state index contributed by atoms with van der Waals surface area (Å²) < 4.78 is 0. The van der Waals surface area contributed by atoms with E-state index in [2.05, 4.69) is 24.1 Å². The highest BCUT2D eigenvalue weighted by atomic mass is 16.3. The van der Waals surface area contributed by atoms with E-state index >= 15 is 0 Å².